The summed E-state index contributed by atoms with van der Waals surface area (Å²) in [6, 6.07) is 6.08. The first-order valence-electron chi connectivity index (χ1n) is 8.37. The first-order chi connectivity index (χ1) is 13.0. The quantitative estimate of drug-likeness (QED) is 0.624. The summed E-state index contributed by atoms with van der Waals surface area (Å²) in [6.07, 6.45) is 1.12. The van der Waals surface area contributed by atoms with Crippen LogP contribution in [0.4, 0.5) is 5.69 Å². The lowest BCUT2D eigenvalue weighted by Crippen LogP contribution is -2.50. The van der Waals surface area contributed by atoms with Gasteiger partial charge in [-0.3, -0.25) is 14.4 Å². The number of aromatic hydroxyl groups is 1. The van der Waals surface area contributed by atoms with Gasteiger partial charge in [0.05, 0.1) is 11.1 Å². The maximum Gasteiger partial charge on any atom is 0.257 e. The third-order valence-corrected chi connectivity index (χ3v) is 4.99. The lowest BCUT2D eigenvalue weighted by molar-refractivity contribution is -0.111. The highest BCUT2D eigenvalue weighted by atomic mass is 32.1. The fourth-order valence-corrected chi connectivity index (χ4v) is 3.46. The zero-order chi connectivity index (χ0) is 19.4. The van der Waals surface area contributed by atoms with Crippen LogP contribution in [-0.2, 0) is 4.79 Å². The molecule has 3 amide bonds. The summed E-state index contributed by atoms with van der Waals surface area (Å²) >= 11 is 1.47. The fraction of sp³-hybridized carbons (Fsp3) is 0.211. The number of anilines is 1. The normalized spacial score (nSPS) is 13.9. The van der Waals surface area contributed by atoms with Crippen LogP contribution in [0.5, 0.6) is 5.75 Å². The van der Waals surface area contributed by atoms with E-state index in [1.54, 1.807) is 21.2 Å². The third-order valence-electron chi connectivity index (χ3n) is 4.30. The second-order valence-corrected chi connectivity index (χ2v) is 6.80. The molecule has 1 fully saturated rings. The van der Waals surface area contributed by atoms with Crippen molar-refractivity contribution in [3.63, 3.8) is 0 Å². The topological polar surface area (TPSA) is 89.9 Å². The molecule has 2 heterocycles. The number of rotatable bonds is 4. The van der Waals surface area contributed by atoms with Gasteiger partial charge in [0.15, 0.2) is 0 Å². The van der Waals surface area contributed by atoms with Gasteiger partial charge in [-0.15, -0.1) is 0 Å². The van der Waals surface area contributed by atoms with Crippen LogP contribution in [0.15, 0.2) is 47.7 Å². The van der Waals surface area contributed by atoms with E-state index in [0.717, 1.165) is 6.08 Å². The highest BCUT2D eigenvalue weighted by Crippen LogP contribution is 2.24. The second kappa shape index (κ2) is 8.05. The van der Waals surface area contributed by atoms with Crippen molar-refractivity contribution in [2.75, 3.05) is 31.5 Å². The Morgan fingerprint density at radius 1 is 1.07 bits per heavy atom. The number of phenolic OH excluding ortho intramolecular Hbond substituents is 1. The number of amides is 3. The third kappa shape index (κ3) is 4.17. The van der Waals surface area contributed by atoms with Crippen molar-refractivity contribution >= 4 is 34.7 Å². The van der Waals surface area contributed by atoms with Gasteiger partial charge < -0.3 is 20.2 Å². The van der Waals surface area contributed by atoms with Crippen LogP contribution in [0.25, 0.3) is 0 Å². The molecule has 7 nitrogen and oxygen atoms in total. The molecule has 3 rings (SSSR count). The van der Waals surface area contributed by atoms with Gasteiger partial charge in [-0.25, -0.2) is 0 Å². The highest BCUT2D eigenvalue weighted by molar-refractivity contribution is 7.08. The molecule has 0 saturated carbocycles. The Kier molecular flexibility index (Phi) is 5.56. The number of carbonyl (C=O) groups excluding carboxylic acids is 3. The molecule has 27 heavy (non-hydrogen) atoms. The van der Waals surface area contributed by atoms with E-state index in [4.69, 9.17) is 0 Å². The van der Waals surface area contributed by atoms with E-state index in [1.165, 1.54) is 29.5 Å². The molecule has 0 bridgehead atoms. The molecule has 1 aliphatic heterocycles. The highest BCUT2D eigenvalue weighted by Gasteiger charge is 2.27. The first kappa shape index (κ1) is 18.7. The molecule has 0 atom stereocenters. The number of phenols is 1. The van der Waals surface area contributed by atoms with Gasteiger partial charge in [-0.05, 0) is 35.7 Å². The van der Waals surface area contributed by atoms with Crippen LogP contribution in [0.3, 0.4) is 0 Å². The number of nitrogens with zero attached hydrogens (tertiary/aromatic N) is 2. The summed E-state index contributed by atoms with van der Waals surface area (Å²) in [5.41, 5.74) is 1.16. The number of hydrogen-bond acceptors (Lipinski definition) is 5. The minimum atomic E-state index is -0.403. The van der Waals surface area contributed by atoms with E-state index in [-0.39, 0.29) is 23.1 Å². The van der Waals surface area contributed by atoms with E-state index in [2.05, 4.69) is 11.9 Å². The number of thiophene rings is 1. The van der Waals surface area contributed by atoms with E-state index in [1.807, 2.05) is 5.38 Å². The molecule has 8 heteroatoms. The standard InChI is InChI=1S/C19H19N3O4S/c1-2-17(24)20-14-3-4-16(23)15(11-14)19(26)22-8-6-21(7-9-22)18(25)13-5-10-27-12-13/h2-5,10-12,23H,1,6-9H2,(H,20,24). The molecule has 1 aromatic heterocycles. The van der Waals surface area contributed by atoms with Crippen LogP contribution in [0.2, 0.25) is 0 Å². The largest absolute Gasteiger partial charge is 0.507 e. The molecule has 0 aliphatic carbocycles. The van der Waals surface area contributed by atoms with Gasteiger partial charge in [0.2, 0.25) is 5.91 Å². The van der Waals surface area contributed by atoms with Crippen LogP contribution < -0.4 is 5.32 Å². The number of nitrogens with one attached hydrogen (secondary N) is 1. The van der Waals surface area contributed by atoms with Crippen molar-refractivity contribution < 1.29 is 19.5 Å². The number of carbonyl (C=O) groups is 3. The minimum absolute atomic E-state index is 0.0414. The number of benzene rings is 1. The summed E-state index contributed by atoms with van der Waals surface area (Å²) in [4.78, 5) is 39.9. The Balaban J connectivity index is 1.67. The summed E-state index contributed by atoms with van der Waals surface area (Å²) in [5.74, 6) is -0.946. The summed E-state index contributed by atoms with van der Waals surface area (Å²) < 4.78 is 0. The van der Waals surface area contributed by atoms with Gasteiger partial charge >= 0.3 is 0 Å². The number of piperazine rings is 1. The lowest BCUT2D eigenvalue weighted by atomic mass is 10.1. The Morgan fingerprint density at radius 2 is 1.74 bits per heavy atom. The van der Waals surface area contributed by atoms with Crippen LogP contribution in [0.1, 0.15) is 20.7 Å². The molecule has 0 unspecified atom stereocenters. The number of hydrogen-bond donors (Lipinski definition) is 2. The monoisotopic (exact) mass is 385 g/mol. The lowest BCUT2D eigenvalue weighted by Gasteiger charge is -2.34. The molecular weight excluding hydrogens is 366 g/mol. The van der Waals surface area contributed by atoms with Crippen LogP contribution >= 0.6 is 11.3 Å². The summed E-state index contributed by atoms with van der Waals surface area (Å²) in [6.45, 7) is 4.97. The molecule has 0 spiro atoms. The van der Waals surface area contributed by atoms with E-state index in [0.29, 0.717) is 37.4 Å². The Bertz CT molecular complexity index is 871. The predicted octanol–water partition coefficient (Wildman–Crippen LogP) is 2.18. The molecule has 1 aromatic carbocycles. The predicted molar refractivity (Wildman–Crippen MR) is 103 cm³/mol. The molecule has 2 N–H and O–H groups in total. The molecule has 1 aliphatic rings. The minimum Gasteiger partial charge on any atom is -0.507 e. The Morgan fingerprint density at radius 3 is 2.33 bits per heavy atom. The summed E-state index contributed by atoms with van der Waals surface area (Å²) in [5, 5.41) is 16.3. The van der Waals surface area contributed by atoms with E-state index < -0.39 is 5.91 Å². The van der Waals surface area contributed by atoms with Crippen molar-refractivity contribution in [1.29, 1.82) is 0 Å². The van der Waals surface area contributed by atoms with Crippen molar-refractivity contribution in [1.82, 2.24) is 9.80 Å². The average molecular weight is 385 g/mol. The zero-order valence-corrected chi connectivity index (χ0v) is 15.4. The van der Waals surface area contributed by atoms with E-state index in [9.17, 15) is 19.5 Å². The molecule has 1 saturated heterocycles. The maximum atomic E-state index is 12.8. The van der Waals surface area contributed by atoms with Gasteiger partial charge in [-0.1, -0.05) is 6.58 Å². The fourth-order valence-electron chi connectivity index (χ4n) is 2.83. The smallest absolute Gasteiger partial charge is 0.257 e. The van der Waals surface area contributed by atoms with Gasteiger partial charge in [0.25, 0.3) is 11.8 Å². The molecule has 0 radical (unpaired) electrons. The van der Waals surface area contributed by atoms with Gasteiger partial charge in [0, 0.05) is 37.2 Å². The molecule has 140 valence electrons. The van der Waals surface area contributed by atoms with Crippen LogP contribution in [-0.4, -0.2) is 58.8 Å². The SMILES string of the molecule is C=CC(=O)Nc1ccc(O)c(C(=O)N2CCN(C(=O)c3ccsc3)CC2)c1. The molecule has 2 aromatic rings. The van der Waals surface area contributed by atoms with Gasteiger partial charge in [0.1, 0.15) is 5.75 Å². The summed E-state index contributed by atoms with van der Waals surface area (Å²) in [7, 11) is 0. The van der Waals surface area contributed by atoms with Crippen molar-refractivity contribution in [2.24, 2.45) is 0 Å². The average Bonchev–Trinajstić information content (AvgIpc) is 3.23. The van der Waals surface area contributed by atoms with E-state index >= 15 is 0 Å². The van der Waals surface area contributed by atoms with Crippen molar-refractivity contribution in [2.45, 2.75) is 0 Å². The maximum absolute atomic E-state index is 12.8. The van der Waals surface area contributed by atoms with Crippen molar-refractivity contribution in [3.05, 3.63) is 58.8 Å². The van der Waals surface area contributed by atoms with Crippen molar-refractivity contribution in [3.8, 4) is 5.75 Å². The zero-order valence-electron chi connectivity index (χ0n) is 14.6. The molecular formula is C19H19N3O4S. The first-order valence-corrected chi connectivity index (χ1v) is 9.31. The van der Waals surface area contributed by atoms with Gasteiger partial charge in [-0.2, -0.15) is 11.3 Å². The van der Waals surface area contributed by atoms with Crippen LogP contribution in [0, 0.1) is 0 Å². The second-order valence-electron chi connectivity index (χ2n) is 6.02. The Labute approximate surface area is 160 Å². The Hall–Kier alpha value is -3.13.